The lowest BCUT2D eigenvalue weighted by molar-refractivity contribution is -0.138. The minimum absolute atomic E-state index is 0.140. The van der Waals surface area contributed by atoms with Gasteiger partial charge in [0.25, 0.3) is 0 Å². The normalized spacial score (nSPS) is 20.3. The molecule has 1 aliphatic rings. The Hall–Kier alpha value is -1.06. The molecule has 1 fully saturated rings. The number of carbonyl (C=O) groups excluding carboxylic acids is 1. The first kappa shape index (κ1) is 13.4. The molecule has 1 unspecified atom stereocenters. The highest BCUT2D eigenvalue weighted by Gasteiger charge is 2.25. The molecule has 0 aromatic heterocycles. The quantitative estimate of drug-likeness (QED) is 0.914. The first-order chi connectivity index (χ1) is 8.61. The lowest BCUT2D eigenvalue weighted by atomic mass is 9.98. The van der Waals surface area contributed by atoms with E-state index in [1.807, 2.05) is 30.0 Å². The van der Waals surface area contributed by atoms with Gasteiger partial charge in [0.15, 0.2) is 0 Å². The Morgan fingerprint density at radius 3 is 2.94 bits per heavy atom. The molecule has 2 N–H and O–H groups in total. The number of nitrogens with two attached hydrogens (primary N) is 1. The summed E-state index contributed by atoms with van der Waals surface area (Å²) in [7, 11) is 0. The van der Waals surface area contributed by atoms with Gasteiger partial charge in [0.2, 0.25) is 5.91 Å². The van der Waals surface area contributed by atoms with E-state index in [1.54, 1.807) is 0 Å². The van der Waals surface area contributed by atoms with E-state index in [1.165, 1.54) is 0 Å². The molecule has 0 bridgehead atoms. The summed E-state index contributed by atoms with van der Waals surface area (Å²) in [5, 5.41) is 0.698. The molecule has 18 heavy (non-hydrogen) atoms. The van der Waals surface area contributed by atoms with E-state index in [2.05, 4.69) is 0 Å². The molecule has 0 aliphatic carbocycles. The van der Waals surface area contributed by atoms with Crippen molar-refractivity contribution in [1.82, 2.24) is 4.90 Å². The topological polar surface area (TPSA) is 46.3 Å². The van der Waals surface area contributed by atoms with Crippen molar-refractivity contribution in [3.8, 4) is 0 Å². The highest BCUT2D eigenvalue weighted by atomic mass is 35.5. The van der Waals surface area contributed by atoms with Gasteiger partial charge in [-0.2, -0.15) is 0 Å². The Morgan fingerprint density at radius 2 is 2.28 bits per heavy atom. The van der Waals surface area contributed by atoms with Crippen LogP contribution in [0.1, 0.15) is 30.9 Å². The zero-order chi connectivity index (χ0) is 13.1. The molecule has 3 nitrogen and oxygen atoms in total. The van der Waals surface area contributed by atoms with E-state index in [4.69, 9.17) is 17.3 Å². The molecule has 4 heteroatoms. The van der Waals surface area contributed by atoms with E-state index >= 15 is 0 Å². The Morgan fingerprint density at radius 1 is 1.50 bits per heavy atom. The molecule has 98 valence electrons. The second-order valence-electron chi connectivity index (χ2n) is 4.93. The number of nitrogens with zero attached hydrogens (tertiary/aromatic N) is 1. The Kier molecular flexibility index (Phi) is 4.25. The van der Waals surface area contributed by atoms with E-state index in [-0.39, 0.29) is 11.8 Å². The summed E-state index contributed by atoms with van der Waals surface area (Å²) in [6.07, 6.45) is 2.07. The lowest BCUT2D eigenvalue weighted by Crippen LogP contribution is -2.39. The molecule has 2 rings (SSSR count). The van der Waals surface area contributed by atoms with Crippen LogP contribution in [0.3, 0.4) is 0 Å². The van der Waals surface area contributed by atoms with Crippen molar-refractivity contribution in [3.63, 3.8) is 0 Å². The monoisotopic (exact) mass is 266 g/mol. The number of rotatable bonds is 3. The molecule has 1 saturated heterocycles. The van der Waals surface area contributed by atoms with Crippen molar-refractivity contribution < 1.29 is 4.79 Å². The molecular formula is C14H19ClN2O. The number of likely N-dealkylation sites (tertiary alicyclic amines) is 1. The van der Waals surface area contributed by atoms with Crippen LogP contribution in [-0.2, 0) is 17.9 Å². The van der Waals surface area contributed by atoms with Gasteiger partial charge in [-0.05, 0) is 30.0 Å². The van der Waals surface area contributed by atoms with Crippen LogP contribution in [0.5, 0.6) is 0 Å². The van der Waals surface area contributed by atoms with Crippen molar-refractivity contribution in [2.75, 3.05) is 6.54 Å². The minimum Gasteiger partial charge on any atom is -0.338 e. The van der Waals surface area contributed by atoms with Crippen LogP contribution in [0.25, 0.3) is 0 Å². The van der Waals surface area contributed by atoms with Crippen molar-refractivity contribution in [1.29, 1.82) is 0 Å². The number of halogens is 1. The van der Waals surface area contributed by atoms with Crippen LogP contribution < -0.4 is 5.73 Å². The van der Waals surface area contributed by atoms with Crippen LogP contribution in [0.2, 0.25) is 5.02 Å². The Labute approximate surface area is 113 Å². The number of piperidine rings is 1. The van der Waals surface area contributed by atoms with E-state index in [9.17, 15) is 4.79 Å². The maximum Gasteiger partial charge on any atom is 0.225 e. The molecular weight excluding hydrogens is 248 g/mol. The zero-order valence-electron chi connectivity index (χ0n) is 10.7. The second kappa shape index (κ2) is 5.72. The number of hydrogen-bond acceptors (Lipinski definition) is 2. The van der Waals surface area contributed by atoms with Crippen LogP contribution in [0.15, 0.2) is 18.2 Å². The highest BCUT2D eigenvalue weighted by Crippen LogP contribution is 2.23. The summed E-state index contributed by atoms with van der Waals surface area (Å²) in [5.74, 6) is 0.376. The summed E-state index contributed by atoms with van der Waals surface area (Å²) in [6.45, 7) is 3.91. The Bertz CT molecular complexity index is 447. The van der Waals surface area contributed by atoms with Gasteiger partial charge in [0.05, 0.1) is 0 Å². The maximum atomic E-state index is 12.0. The van der Waals surface area contributed by atoms with Gasteiger partial charge >= 0.3 is 0 Å². The van der Waals surface area contributed by atoms with Gasteiger partial charge in [-0.15, -0.1) is 0 Å². The lowest BCUT2D eigenvalue weighted by Gasteiger charge is -2.31. The van der Waals surface area contributed by atoms with Gasteiger partial charge in [-0.3, -0.25) is 4.79 Å². The first-order valence-electron chi connectivity index (χ1n) is 6.38. The third-order valence-corrected chi connectivity index (χ3v) is 3.86. The molecule has 1 aliphatic heterocycles. The van der Waals surface area contributed by atoms with Gasteiger partial charge in [-0.25, -0.2) is 0 Å². The average molecular weight is 267 g/mol. The standard InChI is InChI=1S/C14H19ClN2O/c1-10-3-2-6-17(14(10)18)9-12-5-4-11(8-16)7-13(12)15/h4-5,7,10H,2-3,6,8-9,16H2,1H3. The first-order valence-corrected chi connectivity index (χ1v) is 6.75. The fraction of sp³-hybridized carbons (Fsp3) is 0.500. The Balaban J connectivity index is 2.11. The van der Waals surface area contributed by atoms with E-state index in [0.717, 1.165) is 30.5 Å². The molecule has 1 aromatic carbocycles. The van der Waals surface area contributed by atoms with Crippen LogP contribution in [0.4, 0.5) is 0 Å². The maximum absolute atomic E-state index is 12.0. The van der Waals surface area contributed by atoms with Gasteiger partial charge in [-0.1, -0.05) is 30.7 Å². The van der Waals surface area contributed by atoms with Crippen molar-refractivity contribution in [3.05, 3.63) is 34.3 Å². The summed E-state index contributed by atoms with van der Waals surface area (Å²) in [4.78, 5) is 13.9. The predicted molar refractivity (Wildman–Crippen MR) is 73.2 cm³/mol. The number of hydrogen-bond donors (Lipinski definition) is 1. The third-order valence-electron chi connectivity index (χ3n) is 3.51. The van der Waals surface area contributed by atoms with Gasteiger partial charge in [0, 0.05) is 30.6 Å². The van der Waals surface area contributed by atoms with E-state index < -0.39 is 0 Å². The molecule has 1 atom stereocenters. The van der Waals surface area contributed by atoms with Crippen LogP contribution in [0, 0.1) is 5.92 Å². The molecule has 0 radical (unpaired) electrons. The second-order valence-corrected chi connectivity index (χ2v) is 5.34. The largest absolute Gasteiger partial charge is 0.338 e. The summed E-state index contributed by atoms with van der Waals surface area (Å²) in [5.41, 5.74) is 7.58. The average Bonchev–Trinajstić information content (AvgIpc) is 2.37. The molecule has 1 aromatic rings. The van der Waals surface area contributed by atoms with Gasteiger partial charge < -0.3 is 10.6 Å². The predicted octanol–water partition coefficient (Wildman–Crippen LogP) is 2.56. The highest BCUT2D eigenvalue weighted by molar-refractivity contribution is 6.31. The third kappa shape index (κ3) is 2.85. The zero-order valence-corrected chi connectivity index (χ0v) is 11.4. The molecule has 1 amide bonds. The molecule has 0 spiro atoms. The van der Waals surface area contributed by atoms with E-state index in [0.29, 0.717) is 18.1 Å². The van der Waals surface area contributed by atoms with Crippen LogP contribution in [-0.4, -0.2) is 17.4 Å². The summed E-state index contributed by atoms with van der Waals surface area (Å²) >= 11 is 6.22. The number of amides is 1. The fourth-order valence-corrected chi connectivity index (χ4v) is 2.61. The van der Waals surface area contributed by atoms with Crippen LogP contribution >= 0.6 is 11.6 Å². The minimum atomic E-state index is 0.140. The summed E-state index contributed by atoms with van der Waals surface area (Å²) < 4.78 is 0. The fourth-order valence-electron chi connectivity index (χ4n) is 2.34. The molecule has 1 heterocycles. The number of carbonyl (C=O) groups is 1. The van der Waals surface area contributed by atoms with Crippen molar-refractivity contribution in [2.24, 2.45) is 11.7 Å². The molecule has 0 saturated carbocycles. The van der Waals surface area contributed by atoms with Gasteiger partial charge in [0.1, 0.15) is 0 Å². The van der Waals surface area contributed by atoms with Crippen molar-refractivity contribution >= 4 is 17.5 Å². The SMILES string of the molecule is CC1CCCN(Cc2ccc(CN)cc2Cl)C1=O. The van der Waals surface area contributed by atoms with Crippen molar-refractivity contribution in [2.45, 2.75) is 32.9 Å². The number of benzene rings is 1. The smallest absolute Gasteiger partial charge is 0.225 e. The summed E-state index contributed by atoms with van der Waals surface area (Å²) in [6, 6.07) is 5.82.